The summed E-state index contributed by atoms with van der Waals surface area (Å²) in [4.78, 5) is 10.3. The lowest BCUT2D eigenvalue weighted by Crippen LogP contribution is -2.18. The number of anilines is 1. The number of nitrogens with one attached hydrogen (secondary N) is 2. The molecule has 0 saturated carbocycles. The highest BCUT2D eigenvalue weighted by atomic mass is 32.2. The summed E-state index contributed by atoms with van der Waals surface area (Å²) in [6.07, 6.45) is 1.19. The van der Waals surface area contributed by atoms with Crippen molar-refractivity contribution in [1.82, 2.24) is 10.2 Å². The molecule has 0 saturated heterocycles. The van der Waals surface area contributed by atoms with Gasteiger partial charge >= 0.3 is 5.97 Å². The van der Waals surface area contributed by atoms with E-state index in [1.807, 2.05) is 0 Å². The zero-order valence-electron chi connectivity index (χ0n) is 9.25. The SMILES string of the molecule is O=C(O)CCS(=O)(=O)Nc1ccc2cn[nH]c2c1. The Morgan fingerprint density at radius 3 is 2.94 bits per heavy atom. The zero-order chi connectivity index (χ0) is 13.2. The Balaban J connectivity index is 2.14. The van der Waals surface area contributed by atoms with E-state index in [9.17, 15) is 13.2 Å². The lowest BCUT2D eigenvalue weighted by Gasteiger charge is -2.06. The maximum absolute atomic E-state index is 11.6. The Kier molecular flexibility index (Phi) is 3.19. The molecule has 0 aliphatic rings. The van der Waals surface area contributed by atoms with Gasteiger partial charge in [0.1, 0.15) is 0 Å². The molecular weight excluding hydrogens is 258 g/mol. The van der Waals surface area contributed by atoms with Crippen LogP contribution in [0.5, 0.6) is 0 Å². The molecule has 0 atom stereocenters. The van der Waals surface area contributed by atoms with Gasteiger partial charge in [-0.1, -0.05) is 0 Å². The molecule has 0 radical (unpaired) electrons. The van der Waals surface area contributed by atoms with Crippen LogP contribution >= 0.6 is 0 Å². The van der Waals surface area contributed by atoms with E-state index in [0.717, 1.165) is 5.39 Å². The van der Waals surface area contributed by atoms with Gasteiger partial charge < -0.3 is 5.11 Å². The fraction of sp³-hybridized carbons (Fsp3) is 0.200. The van der Waals surface area contributed by atoms with Gasteiger partial charge in [0.05, 0.1) is 29.6 Å². The molecule has 1 heterocycles. The van der Waals surface area contributed by atoms with Gasteiger partial charge in [-0.3, -0.25) is 14.6 Å². The predicted octanol–water partition coefficient (Wildman–Crippen LogP) is 0.779. The summed E-state index contributed by atoms with van der Waals surface area (Å²) >= 11 is 0. The number of sulfonamides is 1. The first kappa shape index (κ1) is 12.4. The lowest BCUT2D eigenvalue weighted by atomic mass is 10.2. The molecule has 96 valence electrons. The summed E-state index contributed by atoms with van der Waals surface area (Å²) in [7, 11) is -3.65. The third kappa shape index (κ3) is 2.98. The Hall–Kier alpha value is -2.09. The van der Waals surface area contributed by atoms with Gasteiger partial charge in [0.15, 0.2) is 0 Å². The Bertz CT molecular complexity index is 677. The van der Waals surface area contributed by atoms with Crippen LogP contribution in [-0.2, 0) is 14.8 Å². The van der Waals surface area contributed by atoms with Gasteiger partial charge in [-0.15, -0.1) is 0 Å². The van der Waals surface area contributed by atoms with E-state index in [1.165, 1.54) is 0 Å². The van der Waals surface area contributed by atoms with Gasteiger partial charge in [-0.25, -0.2) is 8.42 Å². The molecule has 0 bridgehead atoms. The molecule has 0 aliphatic heterocycles. The summed E-state index contributed by atoms with van der Waals surface area (Å²) in [6.45, 7) is 0. The summed E-state index contributed by atoms with van der Waals surface area (Å²) in [5.41, 5.74) is 1.07. The molecule has 0 spiro atoms. The fourth-order valence-electron chi connectivity index (χ4n) is 1.45. The van der Waals surface area contributed by atoms with E-state index in [2.05, 4.69) is 14.9 Å². The number of carboxylic acid groups (broad SMARTS) is 1. The van der Waals surface area contributed by atoms with Crippen LogP contribution in [0.1, 0.15) is 6.42 Å². The minimum absolute atomic E-state index is 0.372. The number of carbonyl (C=O) groups is 1. The van der Waals surface area contributed by atoms with Crippen molar-refractivity contribution in [2.45, 2.75) is 6.42 Å². The van der Waals surface area contributed by atoms with Gasteiger partial charge in [0.2, 0.25) is 10.0 Å². The van der Waals surface area contributed by atoms with Crippen LogP contribution in [0.3, 0.4) is 0 Å². The highest BCUT2D eigenvalue weighted by Gasteiger charge is 2.13. The van der Waals surface area contributed by atoms with E-state index < -0.39 is 28.2 Å². The smallest absolute Gasteiger partial charge is 0.304 e. The molecule has 8 heteroatoms. The number of aromatic nitrogens is 2. The average Bonchev–Trinajstić information content (AvgIpc) is 2.73. The number of nitrogens with zero attached hydrogens (tertiary/aromatic N) is 1. The van der Waals surface area contributed by atoms with E-state index >= 15 is 0 Å². The number of benzene rings is 1. The van der Waals surface area contributed by atoms with E-state index in [0.29, 0.717) is 11.2 Å². The molecule has 7 nitrogen and oxygen atoms in total. The van der Waals surface area contributed by atoms with E-state index in [1.54, 1.807) is 24.4 Å². The van der Waals surface area contributed by atoms with Crippen molar-refractivity contribution in [2.75, 3.05) is 10.5 Å². The maximum Gasteiger partial charge on any atom is 0.304 e. The van der Waals surface area contributed by atoms with Crippen LogP contribution in [0.4, 0.5) is 5.69 Å². The molecule has 2 rings (SSSR count). The Labute approximate surface area is 103 Å². The molecule has 3 N–H and O–H groups in total. The van der Waals surface area contributed by atoms with Crippen LogP contribution in [0.25, 0.3) is 10.9 Å². The molecule has 1 aromatic carbocycles. The van der Waals surface area contributed by atoms with E-state index in [4.69, 9.17) is 5.11 Å². The number of hydrogen-bond acceptors (Lipinski definition) is 4. The molecule has 1 aromatic heterocycles. The molecular formula is C10H11N3O4S. The van der Waals surface area contributed by atoms with Crippen LogP contribution in [0.2, 0.25) is 0 Å². The number of rotatable bonds is 5. The van der Waals surface area contributed by atoms with Crippen molar-refractivity contribution in [3.63, 3.8) is 0 Å². The second-order valence-electron chi connectivity index (χ2n) is 3.74. The average molecular weight is 269 g/mol. The number of aliphatic carboxylic acids is 1. The van der Waals surface area contributed by atoms with E-state index in [-0.39, 0.29) is 0 Å². The van der Waals surface area contributed by atoms with Gasteiger partial charge in [0, 0.05) is 5.39 Å². The highest BCUT2D eigenvalue weighted by Crippen LogP contribution is 2.17. The third-order valence-corrected chi connectivity index (χ3v) is 3.59. The summed E-state index contributed by atoms with van der Waals surface area (Å²) in [6, 6.07) is 4.91. The van der Waals surface area contributed by atoms with Crippen molar-refractivity contribution in [2.24, 2.45) is 0 Å². The van der Waals surface area contributed by atoms with Crippen molar-refractivity contribution < 1.29 is 18.3 Å². The van der Waals surface area contributed by atoms with Crippen molar-refractivity contribution in [3.8, 4) is 0 Å². The summed E-state index contributed by atoms with van der Waals surface area (Å²) in [5.74, 6) is -1.60. The second kappa shape index (κ2) is 4.65. The highest BCUT2D eigenvalue weighted by molar-refractivity contribution is 7.92. The quantitative estimate of drug-likeness (QED) is 0.742. The second-order valence-corrected chi connectivity index (χ2v) is 5.58. The van der Waals surface area contributed by atoms with Crippen molar-refractivity contribution in [3.05, 3.63) is 24.4 Å². The first-order valence-electron chi connectivity index (χ1n) is 5.12. The molecule has 2 aromatic rings. The fourth-order valence-corrected chi connectivity index (χ4v) is 2.48. The third-order valence-electron chi connectivity index (χ3n) is 2.30. The number of carboxylic acids is 1. The van der Waals surface area contributed by atoms with Crippen LogP contribution in [-0.4, -0.2) is 35.4 Å². The molecule has 0 fully saturated rings. The zero-order valence-corrected chi connectivity index (χ0v) is 10.1. The van der Waals surface area contributed by atoms with Crippen LogP contribution in [0, 0.1) is 0 Å². The Morgan fingerprint density at radius 1 is 1.44 bits per heavy atom. The normalized spacial score (nSPS) is 11.6. The maximum atomic E-state index is 11.6. The number of hydrogen-bond donors (Lipinski definition) is 3. The van der Waals surface area contributed by atoms with Crippen molar-refractivity contribution in [1.29, 1.82) is 0 Å². The topological polar surface area (TPSA) is 112 Å². The lowest BCUT2D eigenvalue weighted by molar-refractivity contribution is -0.136. The summed E-state index contributed by atoms with van der Waals surface area (Å²) < 4.78 is 25.5. The van der Waals surface area contributed by atoms with Gasteiger partial charge in [-0.2, -0.15) is 5.10 Å². The van der Waals surface area contributed by atoms with Crippen LogP contribution in [0.15, 0.2) is 24.4 Å². The number of H-pyrrole nitrogens is 1. The molecule has 0 aliphatic carbocycles. The molecule has 0 unspecified atom stereocenters. The molecule has 0 amide bonds. The number of fused-ring (bicyclic) bond motifs is 1. The first-order valence-corrected chi connectivity index (χ1v) is 6.77. The largest absolute Gasteiger partial charge is 0.481 e. The van der Waals surface area contributed by atoms with Crippen LogP contribution < -0.4 is 4.72 Å². The van der Waals surface area contributed by atoms with Gasteiger partial charge in [0.25, 0.3) is 0 Å². The monoisotopic (exact) mass is 269 g/mol. The predicted molar refractivity (Wildman–Crippen MR) is 65.8 cm³/mol. The number of aromatic amines is 1. The summed E-state index contributed by atoms with van der Waals surface area (Å²) in [5, 5.41) is 15.9. The molecule has 18 heavy (non-hydrogen) atoms. The Morgan fingerprint density at radius 2 is 2.22 bits per heavy atom. The van der Waals surface area contributed by atoms with Gasteiger partial charge in [-0.05, 0) is 18.2 Å². The minimum Gasteiger partial charge on any atom is -0.481 e. The minimum atomic E-state index is -3.65. The standard InChI is InChI=1S/C10H11N3O4S/c14-10(15)3-4-18(16,17)13-8-2-1-7-6-11-12-9(7)5-8/h1-2,5-6,13H,3-4H2,(H,11,12)(H,14,15). The van der Waals surface area contributed by atoms with Crippen molar-refractivity contribution >= 4 is 32.6 Å². The first-order chi connectivity index (χ1) is 8.46.